The Morgan fingerprint density at radius 3 is 2.78 bits per heavy atom. The highest BCUT2D eigenvalue weighted by Crippen LogP contribution is 2.36. The summed E-state index contributed by atoms with van der Waals surface area (Å²) in [5.74, 6) is -0.152. The Bertz CT molecular complexity index is 582. The fraction of sp³-hybridized carbons (Fsp3) is 0.611. The molecule has 2 saturated heterocycles. The van der Waals surface area contributed by atoms with Gasteiger partial charge in [0, 0.05) is 26.6 Å². The molecule has 2 aliphatic heterocycles. The fourth-order valence-electron chi connectivity index (χ4n) is 3.60. The zero-order valence-corrected chi connectivity index (χ0v) is 13.8. The van der Waals surface area contributed by atoms with Crippen LogP contribution in [0.5, 0.6) is 0 Å². The molecule has 2 fully saturated rings. The first kappa shape index (κ1) is 16.4. The van der Waals surface area contributed by atoms with Crippen LogP contribution in [0.3, 0.4) is 0 Å². The second-order valence-electron chi connectivity index (χ2n) is 6.68. The summed E-state index contributed by atoms with van der Waals surface area (Å²) in [6, 6.07) is 4.60. The van der Waals surface area contributed by atoms with E-state index in [-0.39, 0.29) is 23.4 Å². The van der Waals surface area contributed by atoms with Crippen LogP contribution in [0.4, 0.5) is 4.39 Å². The normalized spacial score (nSPS) is 23.4. The van der Waals surface area contributed by atoms with E-state index in [1.807, 2.05) is 11.8 Å². The van der Waals surface area contributed by atoms with Crippen molar-refractivity contribution >= 4 is 5.91 Å². The van der Waals surface area contributed by atoms with Crippen LogP contribution in [0.15, 0.2) is 18.2 Å². The van der Waals surface area contributed by atoms with Crippen molar-refractivity contribution in [1.82, 2.24) is 4.90 Å². The van der Waals surface area contributed by atoms with E-state index in [1.165, 1.54) is 12.1 Å². The summed E-state index contributed by atoms with van der Waals surface area (Å²) in [5.41, 5.74) is 1.62. The maximum absolute atomic E-state index is 13.2. The summed E-state index contributed by atoms with van der Waals surface area (Å²) in [7, 11) is 1.72. The van der Waals surface area contributed by atoms with Gasteiger partial charge in [-0.1, -0.05) is 6.07 Å². The van der Waals surface area contributed by atoms with Gasteiger partial charge in [-0.25, -0.2) is 4.39 Å². The van der Waals surface area contributed by atoms with Gasteiger partial charge >= 0.3 is 0 Å². The molecular formula is C18H24FNO3. The molecule has 1 atom stereocenters. The first-order valence-corrected chi connectivity index (χ1v) is 8.21. The van der Waals surface area contributed by atoms with E-state index in [0.29, 0.717) is 13.0 Å². The summed E-state index contributed by atoms with van der Waals surface area (Å²) in [6.07, 6.45) is 3.16. The number of methoxy groups -OCH3 is 1. The predicted molar refractivity (Wildman–Crippen MR) is 84.8 cm³/mol. The van der Waals surface area contributed by atoms with Gasteiger partial charge in [0.05, 0.1) is 24.7 Å². The number of hydrogen-bond acceptors (Lipinski definition) is 3. The summed E-state index contributed by atoms with van der Waals surface area (Å²) >= 11 is 0. The smallest absolute Gasteiger partial charge is 0.227 e. The lowest BCUT2D eigenvalue weighted by molar-refractivity contribution is -0.135. The number of likely N-dealkylation sites (tertiary alicyclic amines) is 1. The van der Waals surface area contributed by atoms with E-state index in [1.54, 1.807) is 13.2 Å². The second kappa shape index (κ2) is 6.57. The zero-order valence-electron chi connectivity index (χ0n) is 13.8. The molecule has 1 aromatic carbocycles. The Kier molecular flexibility index (Phi) is 4.69. The Balaban J connectivity index is 1.56. The third kappa shape index (κ3) is 3.56. The first-order chi connectivity index (χ1) is 11.0. The number of aryl methyl sites for hydroxylation is 1. The summed E-state index contributed by atoms with van der Waals surface area (Å²) in [5, 5.41) is 0. The Morgan fingerprint density at radius 2 is 2.17 bits per heavy atom. The molecule has 3 rings (SSSR count). The van der Waals surface area contributed by atoms with Crippen molar-refractivity contribution < 1.29 is 18.7 Å². The summed E-state index contributed by atoms with van der Waals surface area (Å²) in [4.78, 5) is 14.4. The molecule has 0 N–H and O–H groups in total. The Hall–Kier alpha value is -1.46. The minimum absolute atomic E-state index is 0.107. The van der Waals surface area contributed by atoms with Gasteiger partial charge in [-0.3, -0.25) is 4.79 Å². The number of nitrogens with zero attached hydrogens (tertiary/aromatic N) is 1. The molecule has 1 amide bonds. The number of rotatable bonds is 3. The van der Waals surface area contributed by atoms with Crippen molar-refractivity contribution in [3.05, 3.63) is 35.1 Å². The molecule has 4 nitrogen and oxygen atoms in total. The van der Waals surface area contributed by atoms with E-state index >= 15 is 0 Å². The Morgan fingerprint density at radius 1 is 1.43 bits per heavy atom. The molecule has 126 valence electrons. The van der Waals surface area contributed by atoms with Crippen LogP contribution in [0.25, 0.3) is 0 Å². The Labute approximate surface area is 136 Å². The maximum atomic E-state index is 13.2. The predicted octanol–water partition coefficient (Wildman–Crippen LogP) is 2.47. The van der Waals surface area contributed by atoms with Crippen LogP contribution in [-0.4, -0.2) is 49.3 Å². The molecule has 5 heteroatoms. The van der Waals surface area contributed by atoms with Crippen molar-refractivity contribution in [2.45, 2.75) is 44.3 Å². The van der Waals surface area contributed by atoms with Crippen LogP contribution in [0.1, 0.15) is 30.4 Å². The quantitative estimate of drug-likeness (QED) is 0.858. The SMILES string of the molecule is COC1COC2(CCN(C(=O)Cc3ccc(F)cc3C)CC2)C1. The zero-order chi connectivity index (χ0) is 16.4. The molecule has 23 heavy (non-hydrogen) atoms. The number of piperidine rings is 1. The highest BCUT2D eigenvalue weighted by molar-refractivity contribution is 5.79. The van der Waals surface area contributed by atoms with Crippen LogP contribution in [-0.2, 0) is 20.7 Å². The van der Waals surface area contributed by atoms with E-state index in [0.717, 1.165) is 43.5 Å². The topological polar surface area (TPSA) is 38.8 Å². The number of hydrogen-bond donors (Lipinski definition) is 0. The molecule has 2 heterocycles. The lowest BCUT2D eigenvalue weighted by atomic mass is 9.87. The highest BCUT2D eigenvalue weighted by atomic mass is 19.1. The number of benzene rings is 1. The average Bonchev–Trinajstić information content (AvgIpc) is 2.94. The van der Waals surface area contributed by atoms with E-state index in [4.69, 9.17) is 9.47 Å². The minimum Gasteiger partial charge on any atom is -0.379 e. The van der Waals surface area contributed by atoms with Gasteiger partial charge in [0.2, 0.25) is 5.91 Å². The molecule has 1 unspecified atom stereocenters. The lowest BCUT2D eigenvalue weighted by Gasteiger charge is -2.38. The first-order valence-electron chi connectivity index (χ1n) is 8.21. The van der Waals surface area contributed by atoms with E-state index in [2.05, 4.69) is 0 Å². The summed E-state index contributed by atoms with van der Waals surface area (Å²) < 4.78 is 24.5. The van der Waals surface area contributed by atoms with Gasteiger partial charge < -0.3 is 14.4 Å². The molecule has 2 aliphatic rings. The van der Waals surface area contributed by atoms with Gasteiger partial charge in [-0.2, -0.15) is 0 Å². The van der Waals surface area contributed by atoms with Crippen molar-refractivity contribution in [3.63, 3.8) is 0 Å². The maximum Gasteiger partial charge on any atom is 0.227 e. The van der Waals surface area contributed by atoms with Crippen LogP contribution < -0.4 is 0 Å². The van der Waals surface area contributed by atoms with Gasteiger partial charge in [0.15, 0.2) is 0 Å². The van der Waals surface area contributed by atoms with Crippen molar-refractivity contribution in [3.8, 4) is 0 Å². The lowest BCUT2D eigenvalue weighted by Crippen LogP contribution is -2.47. The molecular weight excluding hydrogens is 297 g/mol. The minimum atomic E-state index is -0.260. The van der Waals surface area contributed by atoms with Crippen molar-refractivity contribution in [1.29, 1.82) is 0 Å². The standard InChI is InChI=1S/C18H24FNO3/c1-13-9-15(19)4-3-14(13)10-17(21)20-7-5-18(6-8-20)11-16(22-2)12-23-18/h3-4,9,16H,5-8,10-12H2,1-2H3. The second-order valence-corrected chi connectivity index (χ2v) is 6.68. The fourth-order valence-corrected chi connectivity index (χ4v) is 3.60. The number of halogens is 1. The summed E-state index contributed by atoms with van der Waals surface area (Å²) in [6.45, 7) is 3.93. The third-order valence-corrected chi connectivity index (χ3v) is 5.18. The molecule has 1 spiro atoms. The molecule has 1 aromatic rings. The number of amides is 1. The molecule has 0 bridgehead atoms. The largest absolute Gasteiger partial charge is 0.379 e. The van der Waals surface area contributed by atoms with Crippen LogP contribution in [0, 0.1) is 12.7 Å². The van der Waals surface area contributed by atoms with Gasteiger partial charge in [-0.15, -0.1) is 0 Å². The third-order valence-electron chi connectivity index (χ3n) is 5.18. The number of ether oxygens (including phenoxy) is 2. The van der Waals surface area contributed by atoms with E-state index in [9.17, 15) is 9.18 Å². The van der Waals surface area contributed by atoms with Gasteiger partial charge in [0.1, 0.15) is 5.82 Å². The molecule has 0 aliphatic carbocycles. The molecule has 0 radical (unpaired) electrons. The van der Waals surface area contributed by atoms with Crippen LogP contribution in [0.2, 0.25) is 0 Å². The van der Waals surface area contributed by atoms with Crippen molar-refractivity contribution in [2.24, 2.45) is 0 Å². The van der Waals surface area contributed by atoms with Gasteiger partial charge in [0.25, 0.3) is 0 Å². The number of carbonyl (C=O) groups excluding carboxylic acids is 1. The van der Waals surface area contributed by atoms with Crippen LogP contribution >= 0.6 is 0 Å². The van der Waals surface area contributed by atoms with Gasteiger partial charge in [-0.05, 0) is 43.0 Å². The number of carbonyl (C=O) groups is 1. The molecule has 0 saturated carbocycles. The molecule has 0 aromatic heterocycles. The monoisotopic (exact) mass is 321 g/mol. The average molecular weight is 321 g/mol. The van der Waals surface area contributed by atoms with Crippen molar-refractivity contribution in [2.75, 3.05) is 26.8 Å². The highest BCUT2D eigenvalue weighted by Gasteiger charge is 2.43. The van der Waals surface area contributed by atoms with E-state index < -0.39 is 0 Å².